The Kier molecular flexibility index (Phi) is 3.04. The molecule has 0 radical (unpaired) electrons. The van der Waals surface area contributed by atoms with Gasteiger partial charge < -0.3 is 10.1 Å². The van der Waals surface area contributed by atoms with E-state index in [0.717, 1.165) is 36.0 Å². The standard InChI is InChI=1S/C13H15ClN2O/c14-11-4-2-1-3-10(11)12-8-16-13(17-12)9-5-6-15-7-9/h1-4,9,12,15H,5-8H2. The molecule has 0 spiro atoms. The summed E-state index contributed by atoms with van der Waals surface area (Å²) in [6.07, 6.45) is 1.12. The first kappa shape index (κ1) is 11.1. The SMILES string of the molecule is Clc1ccccc1C1CN=C(C2CCNC2)O1. The third-order valence-corrected chi connectivity index (χ3v) is 3.68. The van der Waals surface area contributed by atoms with Gasteiger partial charge in [-0.3, -0.25) is 4.99 Å². The number of benzene rings is 1. The van der Waals surface area contributed by atoms with Crippen LogP contribution in [0, 0.1) is 5.92 Å². The van der Waals surface area contributed by atoms with E-state index in [0.29, 0.717) is 12.5 Å². The molecule has 90 valence electrons. The van der Waals surface area contributed by atoms with Gasteiger partial charge in [0.15, 0.2) is 5.90 Å². The zero-order chi connectivity index (χ0) is 11.7. The van der Waals surface area contributed by atoms with E-state index in [1.165, 1.54) is 0 Å². The lowest BCUT2D eigenvalue weighted by Gasteiger charge is -2.15. The highest BCUT2D eigenvalue weighted by Gasteiger charge is 2.30. The van der Waals surface area contributed by atoms with E-state index in [4.69, 9.17) is 16.3 Å². The van der Waals surface area contributed by atoms with Crippen LogP contribution in [0.5, 0.6) is 0 Å². The molecule has 1 N–H and O–H groups in total. The van der Waals surface area contributed by atoms with Gasteiger partial charge in [0.05, 0.1) is 6.54 Å². The van der Waals surface area contributed by atoms with Gasteiger partial charge in [-0.05, 0) is 19.0 Å². The van der Waals surface area contributed by atoms with Gasteiger partial charge in [-0.15, -0.1) is 0 Å². The molecule has 2 unspecified atom stereocenters. The maximum atomic E-state index is 6.17. The van der Waals surface area contributed by atoms with Crippen LogP contribution in [0.4, 0.5) is 0 Å². The van der Waals surface area contributed by atoms with Crippen molar-refractivity contribution in [2.24, 2.45) is 10.9 Å². The smallest absolute Gasteiger partial charge is 0.188 e. The molecule has 2 atom stereocenters. The molecular formula is C13H15ClN2O. The molecule has 2 aliphatic rings. The van der Waals surface area contributed by atoms with Gasteiger partial charge in [0, 0.05) is 23.0 Å². The van der Waals surface area contributed by atoms with Crippen LogP contribution in [0.3, 0.4) is 0 Å². The van der Waals surface area contributed by atoms with E-state index in [-0.39, 0.29) is 6.10 Å². The summed E-state index contributed by atoms with van der Waals surface area (Å²) < 4.78 is 5.94. The second-order valence-electron chi connectivity index (χ2n) is 4.50. The third-order valence-electron chi connectivity index (χ3n) is 3.34. The zero-order valence-electron chi connectivity index (χ0n) is 9.53. The fraction of sp³-hybridized carbons (Fsp3) is 0.462. The molecule has 4 heteroatoms. The average molecular weight is 251 g/mol. The molecule has 0 aliphatic carbocycles. The second kappa shape index (κ2) is 4.67. The first-order chi connectivity index (χ1) is 8.34. The summed E-state index contributed by atoms with van der Waals surface area (Å²) in [6, 6.07) is 7.83. The van der Waals surface area contributed by atoms with Crippen molar-refractivity contribution in [1.82, 2.24) is 5.32 Å². The van der Waals surface area contributed by atoms with Gasteiger partial charge in [0.25, 0.3) is 0 Å². The highest BCUT2D eigenvalue weighted by atomic mass is 35.5. The summed E-state index contributed by atoms with van der Waals surface area (Å²) in [5.41, 5.74) is 1.04. The lowest BCUT2D eigenvalue weighted by molar-refractivity contribution is 0.216. The Balaban J connectivity index is 1.72. The van der Waals surface area contributed by atoms with Crippen molar-refractivity contribution in [2.45, 2.75) is 12.5 Å². The Labute approximate surface area is 106 Å². The van der Waals surface area contributed by atoms with Gasteiger partial charge in [0.2, 0.25) is 0 Å². The van der Waals surface area contributed by atoms with Crippen molar-refractivity contribution in [3.8, 4) is 0 Å². The summed E-state index contributed by atoms with van der Waals surface area (Å²) >= 11 is 6.17. The topological polar surface area (TPSA) is 33.6 Å². The molecule has 3 nitrogen and oxygen atoms in total. The van der Waals surface area contributed by atoms with Crippen LogP contribution in [0.2, 0.25) is 5.02 Å². The summed E-state index contributed by atoms with van der Waals surface area (Å²) in [7, 11) is 0. The maximum absolute atomic E-state index is 6.17. The summed E-state index contributed by atoms with van der Waals surface area (Å²) in [5.74, 6) is 1.35. The molecule has 17 heavy (non-hydrogen) atoms. The fourth-order valence-corrected chi connectivity index (χ4v) is 2.64. The van der Waals surface area contributed by atoms with Crippen molar-refractivity contribution in [3.63, 3.8) is 0 Å². The van der Waals surface area contributed by atoms with Gasteiger partial charge in [-0.2, -0.15) is 0 Å². The van der Waals surface area contributed by atoms with Crippen molar-refractivity contribution in [2.75, 3.05) is 19.6 Å². The first-order valence-electron chi connectivity index (χ1n) is 6.01. The number of rotatable bonds is 2. The van der Waals surface area contributed by atoms with Crippen LogP contribution in [0.15, 0.2) is 29.3 Å². The molecule has 1 saturated heterocycles. The number of hydrogen-bond donors (Lipinski definition) is 1. The Morgan fingerprint density at radius 3 is 3.00 bits per heavy atom. The minimum Gasteiger partial charge on any atom is -0.471 e. The van der Waals surface area contributed by atoms with Crippen LogP contribution in [0.1, 0.15) is 18.1 Å². The second-order valence-corrected chi connectivity index (χ2v) is 4.90. The highest BCUT2D eigenvalue weighted by molar-refractivity contribution is 6.31. The number of ether oxygens (including phenoxy) is 1. The normalized spacial score (nSPS) is 27.9. The van der Waals surface area contributed by atoms with Crippen molar-refractivity contribution >= 4 is 17.5 Å². The van der Waals surface area contributed by atoms with E-state index in [2.05, 4.69) is 10.3 Å². The van der Waals surface area contributed by atoms with E-state index >= 15 is 0 Å². The zero-order valence-corrected chi connectivity index (χ0v) is 10.3. The molecule has 1 aromatic rings. The Morgan fingerprint density at radius 2 is 2.24 bits per heavy atom. The van der Waals surface area contributed by atoms with Crippen LogP contribution in [0.25, 0.3) is 0 Å². The van der Waals surface area contributed by atoms with E-state index in [9.17, 15) is 0 Å². The number of nitrogens with one attached hydrogen (secondary N) is 1. The monoisotopic (exact) mass is 250 g/mol. The number of hydrogen-bond acceptors (Lipinski definition) is 3. The Hall–Kier alpha value is -1.06. The quantitative estimate of drug-likeness (QED) is 0.875. The third kappa shape index (κ3) is 2.17. The molecule has 1 aromatic carbocycles. The number of aliphatic imine (C=N–C) groups is 1. The fourth-order valence-electron chi connectivity index (χ4n) is 2.38. The molecule has 0 amide bonds. The summed E-state index contributed by atoms with van der Waals surface area (Å²) in [4.78, 5) is 4.51. The van der Waals surface area contributed by atoms with E-state index < -0.39 is 0 Å². The highest BCUT2D eigenvalue weighted by Crippen LogP contribution is 2.31. The van der Waals surface area contributed by atoms with E-state index in [1.54, 1.807) is 0 Å². The van der Waals surface area contributed by atoms with Crippen LogP contribution >= 0.6 is 11.6 Å². The van der Waals surface area contributed by atoms with Crippen molar-refractivity contribution < 1.29 is 4.74 Å². The molecule has 0 saturated carbocycles. The van der Waals surface area contributed by atoms with Crippen molar-refractivity contribution in [1.29, 1.82) is 0 Å². The van der Waals surface area contributed by atoms with Crippen LogP contribution in [-0.4, -0.2) is 25.5 Å². The lowest BCUT2D eigenvalue weighted by Crippen LogP contribution is -2.18. The summed E-state index contributed by atoms with van der Waals surface area (Å²) in [5, 5.41) is 4.09. The number of nitrogens with zero attached hydrogens (tertiary/aromatic N) is 1. The Morgan fingerprint density at radius 1 is 1.35 bits per heavy atom. The minimum absolute atomic E-state index is 0.000648. The van der Waals surface area contributed by atoms with Gasteiger partial charge in [-0.25, -0.2) is 0 Å². The minimum atomic E-state index is -0.000648. The van der Waals surface area contributed by atoms with E-state index in [1.807, 2.05) is 24.3 Å². The predicted molar refractivity (Wildman–Crippen MR) is 68.6 cm³/mol. The van der Waals surface area contributed by atoms with Gasteiger partial charge >= 0.3 is 0 Å². The molecule has 2 heterocycles. The molecule has 3 rings (SSSR count). The predicted octanol–water partition coefficient (Wildman–Crippen LogP) is 2.42. The van der Waals surface area contributed by atoms with Gasteiger partial charge in [-0.1, -0.05) is 29.8 Å². The summed E-state index contributed by atoms with van der Waals surface area (Å²) in [6.45, 7) is 2.73. The van der Waals surface area contributed by atoms with Crippen molar-refractivity contribution in [3.05, 3.63) is 34.9 Å². The molecule has 0 aromatic heterocycles. The average Bonchev–Trinajstić information content (AvgIpc) is 3.00. The molecule has 2 aliphatic heterocycles. The molecule has 1 fully saturated rings. The molecule has 0 bridgehead atoms. The number of halogens is 1. The van der Waals surface area contributed by atoms with Crippen LogP contribution < -0.4 is 5.32 Å². The molecular weight excluding hydrogens is 236 g/mol. The Bertz CT molecular complexity index is 441. The maximum Gasteiger partial charge on any atom is 0.188 e. The van der Waals surface area contributed by atoms with Gasteiger partial charge in [0.1, 0.15) is 6.10 Å². The largest absolute Gasteiger partial charge is 0.471 e. The lowest BCUT2D eigenvalue weighted by atomic mass is 10.1. The first-order valence-corrected chi connectivity index (χ1v) is 6.38. The van der Waals surface area contributed by atoms with Crippen LogP contribution in [-0.2, 0) is 4.74 Å².